The summed E-state index contributed by atoms with van der Waals surface area (Å²) in [6.07, 6.45) is -0.928. The molecule has 0 aromatic heterocycles. The van der Waals surface area contributed by atoms with Gasteiger partial charge in [0.15, 0.2) is 17.6 Å². The lowest BCUT2D eigenvalue weighted by Crippen LogP contribution is -2.35. The Bertz CT molecular complexity index is 819. The smallest absolute Gasteiger partial charge is 0.339 e. The Balaban J connectivity index is 1.53. The van der Waals surface area contributed by atoms with Crippen molar-refractivity contribution in [2.75, 3.05) is 13.9 Å². The maximum absolute atomic E-state index is 12.2. The maximum Gasteiger partial charge on any atom is 0.339 e. The van der Waals surface area contributed by atoms with Crippen LogP contribution < -0.4 is 19.5 Å². The molecule has 0 saturated heterocycles. The van der Waals surface area contributed by atoms with Gasteiger partial charge in [-0.15, -0.1) is 0 Å². The van der Waals surface area contributed by atoms with Crippen LogP contribution in [-0.2, 0) is 16.1 Å². The van der Waals surface area contributed by atoms with E-state index in [9.17, 15) is 9.59 Å². The van der Waals surface area contributed by atoms with Gasteiger partial charge in [-0.05, 0) is 42.8 Å². The number of methoxy groups -OCH3 is 1. The summed E-state index contributed by atoms with van der Waals surface area (Å²) in [5.74, 6) is 0.891. The molecule has 26 heavy (non-hydrogen) atoms. The van der Waals surface area contributed by atoms with Crippen molar-refractivity contribution in [2.45, 2.75) is 19.6 Å². The highest BCUT2D eigenvalue weighted by atomic mass is 16.7. The highest BCUT2D eigenvalue weighted by Crippen LogP contribution is 2.32. The number of fused-ring (bicyclic) bond motifs is 1. The van der Waals surface area contributed by atoms with Gasteiger partial charge in [-0.2, -0.15) is 0 Å². The average molecular weight is 357 g/mol. The monoisotopic (exact) mass is 357 g/mol. The molecule has 0 radical (unpaired) electrons. The largest absolute Gasteiger partial charge is 0.497 e. The predicted octanol–water partition coefficient (Wildman–Crippen LogP) is 2.29. The minimum atomic E-state index is -0.928. The van der Waals surface area contributed by atoms with Crippen molar-refractivity contribution in [2.24, 2.45) is 0 Å². The number of carbonyl (C=O) groups is 2. The van der Waals surface area contributed by atoms with Gasteiger partial charge in [0.05, 0.1) is 12.7 Å². The molecule has 2 aromatic carbocycles. The second kappa shape index (κ2) is 7.77. The van der Waals surface area contributed by atoms with Crippen LogP contribution in [0.5, 0.6) is 17.2 Å². The first-order valence-corrected chi connectivity index (χ1v) is 8.08. The average Bonchev–Trinajstić information content (AvgIpc) is 3.13. The molecule has 1 N–H and O–H groups in total. The van der Waals surface area contributed by atoms with E-state index in [-0.39, 0.29) is 19.2 Å². The summed E-state index contributed by atoms with van der Waals surface area (Å²) >= 11 is 0. The highest BCUT2D eigenvalue weighted by Gasteiger charge is 2.19. The molecule has 0 spiro atoms. The number of amides is 1. The van der Waals surface area contributed by atoms with Crippen molar-refractivity contribution in [3.05, 3.63) is 53.6 Å². The van der Waals surface area contributed by atoms with E-state index in [0.29, 0.717) is 22.8 Å². The summed E-state index contributed by atoms with van der Waals surface area (Å²) in [5, 5.41) is 2.73. The summed E-state index contributed by atoms with van der Waals surface area (Å²) in [5.41, 5.74) is 1.17. The van der Waals surface area contributed by atoms with Crippen molar-refractivity contribution >= 4 is 11.9 Å². The van der Waals surface area contributed by atoms with Gasteiger partial charge in [0.1, 0.15) is 5.75 Å². The fraction of sp³-hybridized carbons (Fsp3) is 0.263. The molecule has 2 aromatic rings. The molecule has 1 atom stereocenters. The number of rotatable bonds is 6. The number of esters is 1. The van der Waals surface area contributed by atoms with Crippen molar-refractivity contribution in [1.82, 2.24) is 5.32 Å². The minimum absolute atomic E-state index is 0.197. The van der Waals surface area contributed by atoms with Gasteiger partial charge in [0.2, 0.25) is 6.79 Å². The number of carbonyl (C=O) groups excluding carboxylic acids is 2. The van der Waals surface area contributed by atoms with Crippen LogP contribution in [0.4, 0.5) is 0 Å². The third-order valence-electron chi connectivity index (χ3n) is 3.86. The van der Waals surface area contributed by atoms with Crippen molar-refractivity contribution < 1.29 is 28.5 Å². The summed E-state index contributed by atoms with van der Waals surface area (Å²) in [6, 6.07) is 12.0. The van der Waals surface area contributed by atoms with E-state index in [0.717, 1.165) is 5.56 Å². The number of nitrogens with one attached hydrogen (secondary N) is 1. The Morgan fingerprint density at radius 1 is 1.15 bits per heavy atom. The van der Waals surface area contributed by atoms with Crippen LogP contribution in [0.3, 0.4) is 0 Å². The van der Waals surface area contributed by atoms with Crippen molar-refractivity contribution in [1.29, 1.82) is 0 Å². The molecule has 0 bridgehead atoms. The Kier molecular flexibility index (Phi) is 5.26. The molecule has 0 aliphatic carbocycles. The molecule has 7 nitrogen and oxygen atoms in total. The highest BCUT2D eigenvalue weighted by molar-refractivity contribution is 5.92. The van der Waals surface area contributed by atoms with Gasteiger partial charge < -0.3 is 24.3 Å². The molecule has 136 valence electrons. The molecule has 0 saturated carbocycles. The van der Waals surface area contributed by atoms with Crippen LogP contribution >= 0.6 is 0 Å². The predicted molar refractivity (Wildman–Crippen MR) is 92.3 cm³/mol. The number of benzene rings is 2. The molecule has 7 heteroatoms. The second-order valence-corrected chi connectivity index (χ2v) is 5.68. The normalized spacial score (nSPS) is 13.0. The van der Waals surface area contributed by atoms with E-state index >= 15 is 0 Å². The Labute approximate surface area is 150 Å². The van der Waals surface area contributed by atoms with Crippen molar-refractivity contribution in [3.63, 3.8) is 0 Å². The molecule has 1 amide bonds. The first-order valence-electron chi connectivity index (χ1n) is 8.08. The lowest BCUT2D eigenvalue weighted by molar-refractivity contribution is -0.129. The fourth-order valence-electron chi connectivity index (χ4n) is 2.42. The standard InChI is InChI=1S/C19H19NO6/c1-12(26-19(22)14-4-3-5-15(9-14)23-2)18(21)20-10-13-6-7-16-17(8-13)25-11-24-16/h3-9,12H,10-11H2,1-2H3,(H,20,21)/t12-/m0/s1. The van der Waals surface area contributed by atoms with Gasteiger partial charge in [-0.3, -0.25) is 4.79 Å². The van der Waals surface area contributed by atoms with E-state index in [1.54, 1.807) is 36.4 Å². The zero-order valence-corrected chi connectivity index (χ0v) is 14.5. The molecule has 0 unspecified atom stereocenters. The maximum atomic E-state index is 12.2. The third kappa shape index (κ3) is 4.05. The molecular formula is C19H19NO6. The van der Waals surface area contributed by atoms with Crippen LogP contribution in [0.1, 0.15) is 22.8 Å². The lowest BCUT2D eigenvalue weighted by atomic mass is 10.2. The zero-order chi connectivity index (χ0) is 18.5. The summed E-state index contributed by atoms with van der Waals surface area (Å²) < 4.78 is 20.8. The summed E-state index contributed by atoms with van der Waals surface area (Å²) in [4.78, 5) is 24.3. The van der Waals surface area contributed by atoms with E-state index in [2.05, 4.69) is 5.32 Å². The van der Waals surface area contributed by atoms with Crippen LogP contribution in [0, 0.1) is 0 Å². The summed E-state index contributed by atoms with van der Waals surface area (Å²) in [6.45, 7) is 2.01. The van der Waals surface area contributed by atoms with Gasteiger partial charge in [-0.25, -0.2) is 4.79 Å². The summed E-state index contributed by atoms with van der Waals surface area (Å²) in [7, 11) is 1.51. The van der Waals surface area contributed by atoms with Gasteiger partial charge >= 0.3 is 5.97 Å². The molecule has 1 aliphatic heterocycles. The van der Waals surface area contributed by atoms with Gasteiger partial charge in [0.25, 0.3) is 5.91 Å². The molecule has 1 heterocycles. The topological polar surface area (TPSA) is 83.1 Å². The number of hydrogen-bond donors (Lipinski definition) is 1. The number of ether oxygens (including phenoxy) is 4. The van der Waals surface area contributed by atoms with Crippen LogP contribution in [0.25, 0.3) is 0 Å². The zero-order valence-electron chi connectivity index (χ0n) is 14.5. The first kappa shape index (κ1) is 17.6. The lowest BCUT2D eigenvalue weighted by Gasteiger charge is -2.14. The Hall–Kier alpha value is -3.22. The number of hydrogen-bond acceptors (Lipinski definition) is 6. The second-order valence-electron chi connectivity index (χ2n) is 5.68. The van der Waals surface area contributed by atoms with Gasteiger partial charge in [-0.1, -0.05) is 12.1 Å². The third-order valence-corrected chi connectivity index (χ3v) is 3.86. The molecule has 3 rings (SSSR count). The van der Waals surface area contributed by atoms with Gasteiger partial charge in [0, 0.05) is 6.54 Å². The van der Waals surface area contributed by atoms with Crippen molar-refractivity contribution in [3.8, 4) is 17.2 Å². The molecule has 1 aliphatic rings. The van der Waals surface area contributed by atoms with Crippen LogP contribution in [-0.4, -0.2) is 31.9 Å². The fourth-order valence-corrected chi connectivity index (χ4v) is 2.42. The quantitative estimate of drug-likeness (QED) is 0.799. The Morgan fingerprint density at radius 2 is 1.96 bits per heavy atom. The SMILES string of the molecule is COc1cccc(C(=O)O[C@@H](C)C(=O)NCc2ccc3c(c2)OCO3)c1. The Morgan fingerprint density at radius 3 is 2.77 bits per heavy atom. The first-order chi connectivity index (χ1) is 12.6. The van der Waals surface area contributed by atoms with E-state index < -0.39 is 12.1 Å². The molecule has 0 fully saturated rings. The molecular weight excluding hydrogens is 338 g/mol. The van der Waals surface area contributed by atoms with E-state index in [4.69, 9.17) is 18.9 Å². The van der Waals surface area contributed by atoms with E-state index in [1.807, 2.05) is 6.07 Å². The van der Waals surface area contributed by atoms with Crippen LogP contribution in [0.15, 0.2) is 42.5 Å². The van der Waals surface area contributed by atoms with E-state index in [1.165, 1.54) is 14.0 Å². The minimum Gasteiger partial charge on any atom is -0.497 e. The van der Waals surface area contributed by atoms with Crippen LogP contribution in [0.2, 0.25) is 0 Å².